The maximum Gasteiger partial charge on any atom is 0.251 e. The first-order valence-corrected chi connectivity index (χ1v) is 10.4. The quantitative estimate of drug-likeness (QED) is 0.881. The predicted molar refractivity (Wildman–Crippen MR) is 90.5 cm³/mol. The number of hydrogen-bond donors (Lipinski definition) is 1. The Morgan fingerprint density at radius 1 is 1.30 bits per heavy atom. The van der Waals surface area contributed by atoms with Gasteiger partial charge < -0.3 is 5.32 Å². The molecule has 23 heavy (non-hydrogen) atoms. The standard InChI is InChI=1S/C17H22ClNO3S/c1-23(21,22)16-10-14(4-5-15(16)18)17(20)19-7-6-13-9-11-2-3-12(13)8-11/h4-5,10-13H,2-3,6-9H2,1H3,(H,19,20). The van der Waals surface area contributed by atoms with Crippen LogP contribution in [0.3, 0.4) is 0 Å². The van der Waals surface area contributed by atoms with Gasteiger partial charge in [0.25, 0.3) is 5.91 Å². The summed E-state index contributed by atoms with van der Waals surface area (Å²) in [7, 11) is -3.44. The Kier molecular flexibility index (Phi) is 4.70. The van der Waals surface area contributed by atoms with E-state index in [9.17, 15) is 13.2 Å². The molecule has 4 nitrogen and oxygen atoms in total. The van der Waals surface area contributed by atoms with Gasteiger partial charge in [0.2, 0.25) is 0 Å². The van der Waals surface area contributed by atoms with Crippen molar-refractivity contribution >= 4 is 27.3 Å². The number of amides is 1. The average molecular weight is 356 g/mol. The molecule has 3 unspecified atom stereocenters. The topological polar surface area (TPSA) is 63.2 Å². The molecule has 3 atom stereocenters. The minimum absolute atomic E-state index is 0.0000746. The zero-order valence-corrected chi connectivity index (χ0v) is 14.8. The Balaban J connectivity index is 1.58. The van der Waals surface area contributed by atoms with Gasteiger partial charge in [0.05, 0.1) is 9.92 Å². The predicted octanol–water partition coefficient (Wildman–Crippen LogP) is 3.30. The van der Waals surface area contributed by atoms with E-state index in [1.807, 2.05) is 0 Å². The van der Waals surface area contributed by atoms with Crippen LogP contribution in [-0.4, -0.2) is 27.1 Å². The molecule has 1 aromatic carbocycles. The van der Waals surface area contributed by atoms with Gasteiger partial charge in [0.1, 0.15) is 0 Å². The monoisotopic (exact) mass is 355 g/mol. The fourth-order valence-electron chi connectivity index (χ4n) is 4.13. The molecule has 2 fully saturated rings. The first-order valence-electron chi connectivity index (χ1n) is 8.12. The third-order valence-electron chi connectivity index (χ3n) is 5.28. The molecule has 0 aliphatic heterocycles. The number of carbonyl (C=O) groups excluding carboxylic acids is 1. The molecule has 0 aromatic heterocycles. The summed E-state index contributed by atoms with van der Waals surface area (Å²) < 4.78 is 23.3. The van der Waals surface area contributed by atoms with Gasteiger partial charge in [-0.05, 0) is 61.6 Å². The number of benzene rings is 1. The van der Waals surface area contributed by atoms with Crippen LogP contribution in [0, 0.1) is 17.8 Å². The van der Waals surface area contributed by atoms with Crippen LogP contribution < -0.4 is 5.32 Å². The molecule has 3 rings (SSSR count). The van der Waals surface area contributed by atoms with Gasteiger partial charge >= 0.3 is 0 Å². The summed E-state index contributed by atoms with van der Waals surface area (Å²) >= 11 is 5.90. The van der Waals surface area contributed by atoms with Gasteiger partial charge in [0.15, 0.2) is 9.84 Å². The highest BCUT2D eigenvalue weighted by atomic mass is 35.5. The molecule has 2 bridgehead atoms. The average Bonchev–Trinajstić information content (AvgIpc) is 3.09. The Bertz CT molecular complexity index is 717. The zero-order chi connectivity index (χ0) is 16.6. The fraction of sp³-hybridized carbons (Fsp3) is 0.588. The number of nitrogens with one attached hydrogen (secondary N) is 1. The molecule has 6 heteroatoms. The normalized spacial score (nSPS) is 26.4. The van der Waals surface area contributed by atoms with Crippen LogP contribution in [0.2, 0.25) is 5.02 Å². The first-order chi connectivity index (χ1) is 10.8. The van der Waals surface area contributed by atoms with Crippen LogP contribution in [0.15, 0.2) is 23.1 Å². The van der Waals surface area contributed by atoms with E-state index in [-0.39, 0.29) is 15.8 Å². The third-order valence-corrected chi connectivity index (χ3v) is 6.86. The van der Waals surface area contributed by atoms with Crippen LogP contribution in [0.1, 0.15) is 42.5 Å². The molecule has 0 heterocycles. The van der Waals surface area contributed by atoms with E-state index < -0.39 is 9.84 Å². The summed E-state index contributed by atoms with van der Waals surface area (Å²) in [6.07, 6.45) is 7.50. The van der Waals surface area contributed by atoms with Crippen LogP contribution in [0.4, 0.5) is 0 Å². The van der Waals surface area contributed by atoms with E-state index in [0.29, 0.717) is 12.1 Å². The lowest BCUT2D eigenvalue weighted by Gasteiger charge is -2.21. The van der Waals surface area contributed by atoms with E-state index in [4.69, 9.17) is 11.6 Å². The molecular weight excluding hydrogens is 334 g/mol. The summed E-state index contributed by atoms with van der Waals surface area (Å²) in [5.74, 6) is 2.26. The number of fused-ring (bicyclic) bond motifs is 2. The van der Waals surface area contributed by atoms with E-state index >= 15 is 0 Å². The van der Waals surface area contributed by atoms with Gasteiger partial charge in [0, 0.05) is 18.4 Å². The number of hydrogen-bond acceptors (Lipinski definition) is 3. The smallest absolute Gasteiger partial charge is 0.251 e. The second-order valence-electron chi connectivity index (χ2n) is 6.90. The highest BCUT2D eigenvalue weighted by Gasteiger charge is 2.38. The molecule has 0 saturated heterocycles. The van der Waals surface area contributed by atoms with E-state index in [2.05, 4.69) is 5.32 Å². The third kappa shape index (κ3) is 3.72. The molecular formula is C17H22ClNO3S. The summed E-state index contributed by atoms with van der Waals surface area (Å²) in [6, 6.07) is 4.37. The molecule has 2 saturated carbocycles. The molecule has 2 aliphatic carbocycles. The summed E-state index contributed by atoms with van der Waals surface area (Å²) in [6.45, 7) is 0.642. The summed E-state index contributed by atoms with van der Waals surface area (Å²) in [5.41, 5.74) is 0.336. The van der Waals surface area contributed by atoms with Crippen LogP contribution >= 0.6 is 11.6 Å². The van der Waals surface area contributed by atoms with Crippen molar-refractivity contribution in [3.8, 4) is 0 Å². The van der Waals surface area contributed by atoms with Gasteiger partial charge in [-0.2, -0.15) is 0 Å². The zero-order valence-electron chi connectivity index (χ0n) is 13.2. The van der Waals surface area contributed by atoms with Crippen molar-refractivity contribution in [1.29, 1.82) is 0 Å². The number of carbonyl (C=O) groups is 1. The van der Waals surface area contributed by atoms with Crippen molar-refractivity contribution in [2.75, 3.05) is 12.8 Å². The summed E-state index contributed by atoms with van der Waals surface area (Å²) in [5, 5.41) is 3.05. The lowest BCUT2D eigenvalue weighted by Crippen LogP contribution is -2.27. The van der Waals surface area contributed by atoms with Crippen molar-refractivity contribution < 1.29 is 13.2 Å². The minimum atomic E-state index is -3.44. The minimum Gasteiger partial charge on any atom is -0.352 e. The van der Waals surface area contributed by atoms with Crippen molar-refractivity contribution in [2.24, 2.45) is 17.8 Å². The molecule has 1 amide bonds. The molecule has 0 spiro atoms. The highest BCUT2D eigenvalue weighted by molar-refractivity contribution is 7.90. The Hall–Kier alpha value is -1.07. The van der Waals surface area contributed by atoms with Gasteiger partial charge in [-0.3, -0.25) is 4.79 Å². The maximum absolute atomic E-state index is 12.2. The molecule has 2 aliphatic rings. The van der Waals surface area contributed by atoms with Crippen LogP contribution in [0.5, 0.6) is 0 Å². The number of sulfone groups is 1. The SMILES string of the molecule is CS(=O)(=O)c1cc(C(=O)NCCC2CC3CCC2C3)ccc1Cl. The van der Waals surface area contributed by atoms with Gasteiger partial charge in [-0.1, -0.05) is 18.0 Å². The first kappa shape index (κ1) is 16.8. The Labute approximate surface area is 142 Å². The molecule has 1 aromatic rings. The lowest BCUT2D eigenvalue weighted by atomic mass is 9.86. The largest absolute Gasteiger partial charge is 0.352 e. The molecule has 126 valence electrons. The summed E-state index contributed by atoms with van der Waals surface area (Å²) in [4.78, 5) is 12.2. The van der Waals surface area contributed by atoms with Gasteiger partial charge in [-0.15, -0.1) is 0 Å². The second-order valence-corrected chi connectivity index (χ2v) is 9.29. The van der Waals surface area contributed by atoms with Crippen molar-refractivity contribution in [2.45, 2.75) is 37.0 Å². The van der Waals surface area contributed by atoms with Gasteiger partial charge in [-0.25, -0.2) is 8.42 Å². The molecule has 0 radical (unpaired) electrons. The van der Waals surface area contributed by atoms with Crippen LogP contribution in [0.25, 0.3) is 0 Å². The van der Waals surface area contributed by atoms with Crippen molar-refractivity contribution in [1.82, 2.24) is 5.32 Å². The van der Waals surface area contributed by atoms with Crippen molar-refractivity contribution in [3.05, 3.63) is 28.8 Å². The lowest BCUT2D eigenvalue weighted by molar-refractivity contribution is 0.0949. The second kappa shape index (κ2) is 6.44. The van der Waals surface area contributed by atoms with E-state index in [1.165, 1.54) is 37.8 Å². The molecule has 1 N–H and O–H groups in total. The number of halogens is 1. The van der Waals surface area contributed by atoms with E-state index in [0.717, 1.165) is 30.4 Å². The Morgan fingerprint density at radius 2 is 2.09 bits per heavy atom. The van der Waals surface area contributed by atoms with Crippen molar-refractivity contribution in [3.63, 3.8) is 0 Å². The Morgan fingerprint density at radius 3 is 2.70 bits per heavy atom. The highest BCUT2D eigenvalue weighted by Crippen LogP contribution is 2.49. The van der Waals surface area contributed by atoms with Crippen LogP contribution in [-0.2, 0) is 9.84 Å². The fourth-order valence-corrected chi connectivity index (χ4v) is 5.43. The van der Waals surface area contributed by atoms with E-state index in [1.54, 1.807) is 6.07 Å². The maximum atomic E-state index is 12.2. The number of rotatable bonds is 5.